The van der Waals surface area contributed by atoms with Crippen molar-refractivity contribution in [1.29, 1.82) is 0 Å². The van der Waals surface area contributed by atoms with E-state index in [1.807, 2.05) is 0 Å². The highest BCUT2D eigenvalue weighted by atomic mass is 32.2. The molecular weight excluding hydrogens is 372 g/mol. The van der Waals surface area contributed by atoms with Crippen LogP contribution in [0, 0.1) is 22.0 Å². The number of sulfonamides is 1. The van der Waals surface area contributed by atoms with Gasteiger partial charge in [-0.15, -0.1) is 0 Å². The SMILES string of the molecule is NC[C@H]1CCC[C@H]1C(=O)N1CCN(S(=O)(=O)c2ccc([N+](=O)[O-])cc2)CC1. The van der Waals surface area contributed by atoms with Crippen LogP contribution in [0.2, 0.25) is 0 Å². The summed E-state index contributed by atoms with van der Waals surface area (Å²) in [7, 11) is -3.74. The van der Waals surface area contributed by atoms with Gasteiger partial charge in [0.1, 0.15) is 0 Å². The lowest BCUT2D eigenvalue weighted by Crippen LogP contribution is -2.52. The number of carbonyl (C=O) groups excluding carboxylic acids is 1. The number of piperazine rings is 1. The molecule has 0 aromatic heterocycles. The van der Waals surface area contributed by atoms with Gasteiger partial charge >= 0.3 is 0 Å². The highest BCUT2D eigenvalue weighted by Crippen LogP contribution is 2.33. The van der Waals surface area contributed by atoms with Crippen LogP contribution in [0.15, 0.2) is 29.2 Å². The Hall–Kier alpha value is -2.04. The molecule has 1 amide bonds. The molecule has 27 heavy (non-hydrogen) atoms. The van der Waals surface area contributed by atoms with Gasteiger partial charge in [0.25, 0.3) is 5.69 Å². The number of nitrogens with zero attached hydrogens (tertiary/aromatic N) is 3. The molecule has 0 spiro atoms. The van der Waals surface area contributed by atoms with Gasteiger partial charge in [-0.3, -0.25) is 14.9 Å². The van der Waals surface area contributed by atoms with E-state index in [0.717, 1.165) is 19.3 Å². The van der Waals surface area contributed by atoms with Crippen molar-refractivity contribution in [3.8, 4) is 0 Å². The summed E-state index contributed by atoms with van der Waals surface area (Å²) in [6.45, 7) is 1.62. The van der Waals surface area contributed by atoms with E-state index in [-0.39, 0.29) is 41.4 Å². The van der Waals surface area contributed by atoms with Crippen molar-refractivity contribution in [2.75, 3.05) is 32.7 Å². The van der Waals surface area contributed by atoms with Gasteiger partial charge in [-0.25, -0.2) is 8.42 Å². The first kappa shape index (κ1) is 19.7. The summed E-state index contributed by atoms with van der Waals surface area (Å²) in [6.07, 6.45) is 2.83. The van der Waals surface area contributed by atoms with Crippen LogP contribution in [0.1, 0.15) is 19.3 Å². The van der Waals surface area contributed by atoms with Crippen LogP contribution in [0.3, 0.4) is 0 Å². The summed E-state index contributed by atoms with van der Waals surface area (Å²) in [5, 5.41) is 10.7. The molecule has 1 saturated carbocycles. The van der Waals surface area contributed by atoms with Gasteiger partial charge in [-0.2, -0.15) is 4.31 Å². The molecule has 1 aliphatic carbocycles. The van der Waals surface area contributed by atoms with E-state index in [4.69, 9.17) is 5.73 Å². The number of non-ortho nitro benzene ring substituents is 1. The fraction of sp³-hybridized carbons (Fsp3) is 0.588. The monoisotopic (exact) mass is 396 g/mol. The quantitative estimate of drug-likeness (QED) is 0.579. The molecular formula is C17H24N4O5S. The Morgan fingerprint density at radius 1 is 1.15 bits per heavy atom. The minimum atomic E-state index is -3.74. The maximum atomic E-state index is 12.7. The summed E-state index contributed by atoms with van der Waals surface area (Å²) in [6, 6.07) is 4.85. The second kappa shape index (κ2) is 7.91. The Kier molecular flexibility index (Phi) is 5.78. The van der Waals surface area contributed by atoms with Crippen molar-refractivity contribution < 1.29 is 18.1 Å². The van der Waals surface area contributed by atoms with Crippen LogP contribution < -0.4 is 5.73 Å². The molecule has 10 heteroatoms. The Morgan fingerprint density at radius 2 is 1.78 bits per heavy atom. The third-order valence-corrected chi connectivity index (χ3v) is 7.43. The van der Waals surface area contributed by atoms with Crippen molar-refractivity contribution in [3.05, 3.63) is 34.4 Å². The predicted octanol–water partition coefficient (Wildman–Crippen LogP) is 0.803. The number of nitro benzene ring substituents is 1. The first-order chi connectivity index (χ1) is 12.8. The third kappa shape index (κ3) is 3.97. The Bertz CT molecular complexity index is 803. The van der Waals surface area contributed by atoms with Crippen LogP contribution >= 0.6 is 0 Å². The van der Waals surface area contributed by atoms with Crippen molar-refractivity contribution >= 4 is 21.6 Å². The largest absolute Gasteiger partial charge is 0.340 e. The second-order valence-corrected chi connectivity index (χ2v) is 8.95. The van der Waals surface area contributed by atoms with Crippen LogP contribution in [0.5, 0.6) is 0 Å². The molecule has 3 rings (SSSR count). The van der Waals surface area contributed by atoms with E-state index >= 15 is 0 Å². The number of rotatable bonds is 5. The number of hydrogen-bond acceptors (Lipinski definition) is 6. The van der Waals surface area contributed by atoms with Gasteiger partial charge in [0.2, 0.25) is 15.9 Å². The summed E-state index contributed by atoms with van der Waals surface area (Å²) in [5.41, 5.74) is 5.61. The topological polar surface area (TPSA) is 127 Å². The summed E-state index contributed by atoms with van der Waals surface area (Å²) in [5.74, 6) is 0.252. The Balaban J connectivity index is 1.64. The molecule has 2 N–H and O–H groups in total. The summed E-state index contributed by atoms with van der Waals surface area (Å²) >= 11 is 0. The maximum Gasteiger partial charge on any atom is 0.269 e. The van der Waals surface area contributed by atoms with Gasteiger partial charge < -0.3 is 10.6 Å². The zero-order chi connectivity index (χ0) is 19.6. The van der Waals surface area contributed by atoms with E-state index in [1.54, 1.807) is 4.90 Å². The average molecular weight is 396 g/mol. The zero-order valence-corrected chi connectivity index (χ0v) is 15.8. The third-order valence-electron chi connectivity index (χ3n) is 5.51. The molecule has 0 bridgehead atoms. The number of hydrogen-bond donors (Lipinski definition) is 1. The second-order valence-electron chi connectivity index (χ2n) is 7.01. The first-order valence-electron chi connectivity index (χ1n) is 9.08. The molecule has 0 unspecified atom stereocenters. The minimum absolute atomic E-state index is 0.0202. The fourth-order valence-electron chi connectivity index (χ4n) is 3.92. The maximum absolute atomic E-state index is 12.7. The van der Waals surface area contributed by atoms with Crippen molar-refractivity contribution in [1.82, 2.24) is 9.21 Å². The van der Waals surface area contributed by atoms with E-state index in [0.29, 0.717) is 19.6 Å². The molecule has 0 radical (unpaired) electrons. The number of carbonyl (C=O) groups is 1. The van der Waals surface area contributed by atoms with Crippen molar-refractivity contribution in [2.24, 2.45) is 17.6 Å². The lowest BCUT2D eigenvalue weighted by atomic mass is 9.94. The van der Waals surface area contributed by atoms with E-state index in [1.165, 1.54) is 28.6 Å². The van der Waals surface area contributed by atoms with Crippen molar-refractivity contribution in [3.63, 3.8) is 0 Å². The molecule has 1 saturated heterocycles. The van der Waals surface area contributed by atoms with Crippen LogP contribution in [-0.4, -0.2) is 61.2 Å². The molecule has 2 fully saturated rings. The number of nitro groups is 1. The highest BCUT2D eigenvalue weighted by molar-refractivity contribution is 7.89. The normalized spacial score (nSPS) is 24.1. The Morgan fingerprint density at radius 3 is 2.33 bits per heavy atom. The molecule has 1 heterocycles. The lowest BCUT2D eigenvalue weighted by Gasteiger charge is -2.36. The van der Waals surface area contributed by atoms with Crippen LogP contribution in [0.4, 0.5) is 5.69 Å². The van der Waals surface area contributed by atoms with E-state index in [2.05, 4.69) is 0 Å². The number of nitrogens with two attached hydrogens (primary N) is 1. The zero-order valence-electron chi connectivity index (χ0n) is 15.0. The molecule has 1 aliphatic heterocycles. The minimum Gasteiger partial charge on any atom is -0.340 e. The smallest absolute Gasteiger partial charge is 0.269 e. The predicted molar refractivity (Wildman–Crippen MR) is 98.3 cm³/mol. The number of benzene rings is 1. The molecule has 2 aliphatic rings. The molecule has 9 nitrogen and oxygen atoms in total. The Labute approximate surface area is 158 Å². The lowest BCUT2D eigenvalue weighted by molar-refractivity contribution is -0.384. The molecule has 2 atom stereocenters. The van der Waals surface area contributed by atoms with Gasteiger partial charge in [-0.05, 0) is 37.4 Å². The van der Waals surface area contributed by atoms with Crippen LogP contribution in [0.25, 0.3) is 0 Å². The van der Waals surface area contributed by atoms with E-state index in [9.17, 15) is 23.3 Å². The van der Waals surface area contributed by atoms with Gasteiger partial charge in [0, 0.05) is 44.2 Å². The highest BCUT2D eigenvalue weighted by Gasteiger charge is 2.37. The van der Waals surface area contributed by atoms with Gasteiger partial charge in [0.15, 0.2) is 0 Å². The summed E-state index contributed by atoms with van der Waals surface area (Å²) in [4.78, 5) is 24.6. The average Bonchev–Trinajstić information content (AvgIpc) is 3.16. The molecule has 1 aromatic carbocycles. The van der Waals surface area contributed by atoms with Gasteiger partial charge in [-0.1, -0.05) is 6.42 Å². The van der Waals surface area contributed by atoms with Gasteiger partial charge in [0.05, 0.1) is 9.82 Å². The van der Waals surface area contributed by atoms with Crippen LogP contribution in [-0.2, 0) is 14.8 Å². The van der Waals surface area contributed by atoms with Crippen molar-refractivity contribution in [2.45, 2.75) is 24.2 Å². The first-order valence-corrected chi connectivity index (χ1v) is 10.5. The standard InChI is InChI=1S/C17H24N4O5S/c18-12-13-2-1-3-16(13)17(22)19-8-10-20(11-9-19)27(25,26)15-6-4-14(5-7-15)21(23)24/h4-7,13,16H,1-3,8-12,18H2/t13-,16-/m1/s1. The summed E-state index contributed by atoms with van der Waals surface area (Å²) < 4.78 is 26.8. The van der Waals surface area contributed by atoms with E-state index < -0.39 is 14.9 Å². The fourth-order valence-corrected chi connectivity index (χ4v) is 5.34. The number of amides is 1. The molecule has 148 valence electrons. The molecule has 1 aromatic rings.